The highest BCUT2D eigenvalue weighted by Crippen LogP contribution is 2.10. The number of hydrogen-bond acceptors (Lipinski definition) is 6. The van der Waals surface area contributed by atoms with Gasteiger partial charge in [0.1, 0.15) is 0 Å². The van der Waals surface area contributed by atoms with Gasteiger partial charge in [-0.3, -0.25) is 19.2 Å². The maximum absolute atomic E-state index is 12.0. The lowest BCUT2D eigenvalue weighted by Crippen LogP contribution is -2.32. The molecule has 0 saturated carbocycles. The minimum Gasteiger partial charge on any atom is -0.459 e. The summed E-state index contributed by atoms with van der Waals surface area (Å²) in [6.45, 7) is 1.47. The van der Waals surface area contributed by atoms with Crippen LogP contribution in [0, 0.1) is 0 Å². The second kappa shape index (κ2) is 9.18. The third kappa shape index (κ3) is 5.99. The number of nitrogens with two attached hydrogens (primary N) is 1. The average molecular weight is 373 g/mol. The van der Waals surface area contributed by atoms with Crippen LogP contribution in [0.25, 0.3) is 0 Å². The van der Waals surface area contributed by atoms with Crippen LogP contribution in [-0.2, 0) is 14.3 Å². The van der Waals surface area contributed by atoms with E-state index >= 15 is 0 Å². The van der Waals surface area contributed by atoms with Crippen molar-refractivity contribution in [3.05, 3.63) is 54.0 Å². The van der Waals surface area contributed by atoms with Gasteiger partial charge >= 0.3 is 5.97 Å². The van der Waals surface area contributed by atoms with E-state index in [0.717, 1.165) is 0 Å². The van der Waals surface area contributed by atoms with E-state index in [0.29, 0.717) is 11.3 Å². The van der Waals surface area contributed by atoms with Crippen LogP contribution in [0.5, 0.6) is 0 Å². The molecule has 142 valence electrons. The molecule has 0 bridgehead atoms. The Kier molecular flexibility index (Phi) is 6.70. The number of furan rings is 1. The van der Waals surface area contributed by atoms with Gasteiger partial charge in [0.25, 0.3) is 11.8 Å². The lowest BCUT2D eigenvalue weighted by Gasteiger charge is -2.13. The van der Waals surface area contributed by atoms with Crippen molar-refractivity contribution in [2.45, 2.75) is 19.4 Å². The fourth-order valence-electron chi connectivity index (χ4n) is 2.04. The third-order valence-electron chi connectivity index (χ3n) is 3.47. The molecule has 0 unspecified atom stereocenters. The number of ether oxygens (including phenoxy) is 1. The lowest BCUT2D eigenvalue weighted by molar-refractivity contribution is -0.153. The number of anilines is 1. The highest BCUT2D eigenvalue weighted by atomic mass is 16.5. The molecule has 1 atom stereocenters. The van der Waals surface area contributed by atoms with Crippen LogP contribution in [0.2, 0.25) is 0 Å². The molecule has 0 aliphatic carbocycles. The van der Waals surface area contributed by atoms with Crippen molar-refractivity contribution in [3.8, 4) is 0 Å². The summed E-state index contributed by atoms with van der Waals surface area (Å²) < 4.78 is 9.94. The average Bonchev–Trinajstić information content (AvgIpc) is 3.16. The van der Waals surface area contributed by atoms with Crippen molar-refractivity contribution in [2.24, 2.45) is 5.73 Å². The van der Waals surface area contributed by atoms with Gasteiger partial charge in [-0.2, -0.15) is 0 Å². The van der Waals surface area contributed by atoms with Crippen LogP contribution in [0.3, 0.4) is 0 Å². The lowest BCUT2D eigenvalue weighted by atomic mass is 10.2. The Labute approximate surface area is 154 Å². The minimum atomic E-state index is -1.03. The fraction of sp³-hybridized carbons (Fsp3) is 0.222. The summed E-state index contributed by atoms with van der Waals surface area (Å²) in [5.41, 5.74) is 5.88. The van der Waals surface area contributed by atoms with Gasteiger partial charge in [-0.15, -0.1) is 0 Å². The molecule has 0 radical (unpaired) electrons. The van der Waals surface area contributed by atoms with Gasteiger partial charge in [0, 0.05) is 17.8 Å². The molecule has 0 aliphatic rings. The van der Waals surface area contributed by atoms with Crippen LogP contribution < -0.4 is 16.4 Å². The predicted molar refractivity (Wildman–Crippen MR) is 94.8 cm³/mol. The largest absolute Gasteiger partial charge is 0.459 e. The third-order valence-corrected chi connectivity index (χ3v) is 3.47. The molecule has 0 aliphatic heterocycles. The maximum atomic E-state index is 12.0. The molecule has 3 amide bonds. The van der Waals surface area contributed by atoms with Gasteiger partial charge in [-0.1, -0.05) is 0 Å². The van der Waals surface area contributed by atoms with Crippen LogP contribution >= 0.6 is 0 Å². The number of nitrogens with one attached hydrogen (secondary N) is 2. The monoisotopic (exact) mass is 373 g/mol. The van der Waals surface area contributed by atoms with Crippen LogP contribution in [-0.4, -0.2) is 36.3 Å². The molecule has 1 heterocycles. The smallest absolute Gasteiger partial charge is 0.308 e. The predicted octanol–water partition coefficient (Wildman–Crippen LogP) is 1.07. The van der Waals surface area contributed by atoms with E-state index in [9.17, 15) is 19.2 Å². The number of amides is 3. The number of carbonyl (C=O) groups excluding carboxylic acids is 4. The molecule has 2 rings (SSSR count). The zero-order chi connectivity index (χ0) is 19.8. The van der Waals surface area contributed by atoms with E-state index < -0.39 is 29.8 Å². The van der Waals surface area contributed by atoms with Crippen molar-refractivity contribution in [1.29, 1.82) is 0 Å². The summed E-state index contributed by atoms with van der Waals surface area (Å²) in [6.07, 6.45) is 0.233. The first-order valence-electron chi connectivity index (χ1n) is 8.08. The standard InChI is InChI=1S/C18H19N3O6/c1-11(17(24)21-13-6-4-12(5-7-13)16(19)23)27-15(22)8-9-20-18(25)14-3-2-10-26-14/h2-7,10-11H,8-9H2,1H3,(H2,19,23)(H,20,25)(H,21,24)/t11-/m1/s1. The van der Waals surface area contributed by atoms with E-state index in [1.165, 1.54) is 43.5 Å². The summed E-state index contributed by atoms with van der Waals surface area (Å²) in [4.78, 5) is 46.5. The second-order valence-electron chi connectivity index (χ2n) is 5.55. The van der Waals surface area contributed by atoms with Crippen molar-refractivity contribution < 1.29 is 28.3 Å². The van der Waals surface area contributed by atoms with E-state index in [1.54, 1.807) is 6.07 Å². The van der Waals surface area contributed by atoms with Gasteiger partial charge in [0.2, 0.25) is 5.91 Å². The fourth-order valence-corrected chi connectivity index (χ4v) is 2.04. The van der Waals surface area contributed by atoms with E-state index in [4.69, 9.17) is 14.9 Å². The van der Waals surface area contributed by atoms with E-state index in [-0.39, 0.29) is 18.7 Å². The molecule has 4 N–H and O–H groups in total. The first kappa shape index (κ1) is 19.7. The van der Waals surface area contributed by atoms with E-state index in [1.807, 2.05) is 0 Å². The molecule has 2 aromatic rings. The van der Waals surface area contributed by atoms with Gasteiger partial charge in [-0.25, -0.2) is 0 Å². The second-order valence-corrected chi connectivity index (χ2v) is 5.55. The Bertz CT molecular complexity index is 814. The number of primary amides is 1. The van der Waals surface area contributed by atoms with Crippen molar-refractivity contribution in [3.63, 3.8) is 0 Å². The van der Waals surface area contributed by atoms with Crippen LogP contribution in [0.4, 0.5) is 5.69 Å². The first-order valence-corrected chi connectivity index (χ1v) is 8.08. The number of benzene rings is 1. The van der Waals surface area contributed by atoms with Crippen molar-refractivity contribution in [2.75, 3.05) is 11.9 Å². The van der Waals surface area contributed by atoms with Gasteiger partial charge in [0.05, 0.1) is 12.7 Å². The zero-order valence-electron chi connectivity index (χ0n) is 14.6. The normalized spacial score (nSPS) is 11.3. The zero-order valence-corrected chi connectivity index (χ0v) is 14.6. The number of esters is 1. The van der Waals surface area contributed by atoms with Crippen LogP contribution in [0.1, 0.15) is 34.3 Å². The Hall–Kier alpha value is -3.62. The van der Waals surface area contributed by atoms with Crippen molar-refractivity contribution >= 4 is 29.4 Å². The maximum Gasteiger partial charge on any atom is 0.308 e. The number of hydrogen-bond donors (Lipinski definition) is 3. The Morgan fingerprint density at radius 3 is 2.44 bits per heavy atom. The molecule has 9 heteroatoms. The molecular weight excluding hydrogens is 354 g/mol. The summed E-state index contributed by atoms with van der Waals surface area (Å²) in [7, 11) is 0. The molecule has 0 fully saturated rings. The summed E-state index contributed by atoms with van der Waals surface area (Å²) >= 11 is 0. The Morgan fingerprint density at radius 1 is 1.15 bits per heavy atom. The molecule has 1 aromatic carbocycles. The minimum absolute atomic E-state index is 0.0429. The quantitative estimate of drug-likeness (QED) is 0.591. The highest BCUT2D eigenvalue weighted by Gasteiger charge is 2.18. The number of carbonyl (C=O) groups is 4. The molecule has 27 heavy (non-hydrogen) atoms. The Morgan fingerprint density at radius 2 is 1.85 bits per heavy atom. The van der Waals surface area contributed by atoms with Gasteiger partial charge in [-0.05, 0) is 43.3 Å². The van der Waals surface area contributed by atoms with Crippen LogP contribution in [0.15, 0.2) is 47.1 Å². The molecule has 0 saturated heterocycles. The molecule has 1 aromatic heterocycles. The Balaban J connectivity index is 1.73. The van der Waals surface area contributed by atoms with Gasteiger partial charge in [0.15, 0.2) is 11.9 Å². The topological polar surface area (TPSA) is 141 Å². The first-order chi connectivity index (χ1) is 12.9. The number of rotatable bonds is 8. The van der Waals surface area contributed by atoms with E-state index in [2.05, 4.69) is 10.6 Å². The highest BCUT2D eigenvalue weighted by molar-refractivity contribution is 5.96. The van der Waals surface area contributed by atoms with Gasteiger partial charge < -0.3 is 25.5 Å². The molecule has 9 nitrogen and oxygen atoms in total. The molecule has 0 spiro atoms. The SMILES string of the molecule is C[C@@H](OC(=O)CCNC(=O)c1ccco1)C(=O)Nc1ccc(C(N)=O)cc1. The summed E-state index contributed by atoms with van der Waals surface area (Å²) in [6, 6.07) is 9.03. The summed E-state index contributed by atoms with van der Waals surface area (Å²) in [5, 5.41) is 5.06. The molecular formula is C18H19N3O6. The van der Waals surface area contributed by atoms with Crippen molar-refractivity contribution in [1.82, 2.24) is 5.32 Å². The summed E-state index contributed by atoms with van der Waals surface area (Å²) in [5.74, 6) is -2.05.